The molecule has 1 rings (SSSR count). The van der Waals surface area contributed by atoms with Gasteiger partial charge in [-0.05, 0) is 31.5 Å². The number of hydrogen-bond acceptors (Lipinski definition) is 3. The van der Waals surface area contributed by atoms with E-state index in [9.17, 15) is 0 Å². The Kier molecular flexibility index (Phi) is 4.60. The van der Waals surface area contributed by atoms with Crippen LogP contribution in [-0.2, 0) is 0 Å². The van der Waals surface area contributed by atoms with Crippen LogP contribution in [0.2, 0.25) is 0 Å². The second-order valence-corrected chi connectivity index (χ2v) is 4.45. The van der Waals surface area contributed by atoms with E-state index in [1.54, 1.807) is 6.07 Å². The summed E-state index contributed by atoms with van der Waals surface area (Å²) in [6.45, 7) is 2.79. The van der Waals surface area contributed by atoms with Gasteiger partial charge in [0.15, 0.2) is 0 Å². The lowest BCUT2D eigenvalue weighted by atomic mass is 10.2. The minimum atomic E-state index is 0.195. The fourth-order valence-corrected chi connectivity index (χ4v) is 1.69. The summed E-state index contributed by atoms with van der Waals surface area (Å²) in [6, 6.07) is 7.87. The van der Waals surface area contributed by atoms with Crippen molar-refractivity contribution in [1.82, 2.24) is 0 Å². The molecule has 0 aliphatic carbocycles. The average molecular weight is 268 g/mol. The van der Waals surface area contributed by atoms with E-state index >= 15 is 0 Å². The van der Waals surface area contributed by atoms with Crippen molar-refractivity contribution < 1.29 is 0 Å². The van der Waals surface area contributed by atoms with Gasteiger partial charge in [0, 0.05) is 22.7 Å². The van der Waals surface area contributed by atoms with Gasteiger partial charge < -0.3 is 11.1 Å². The number of nitrogens with zero attached hydrogens (tertiary/aromatic N) is 1. The average Bonchev–Trinajstić information content (AvgIpc) is 2.16. The molecule has 4 heteroatoms. The Hall–Kier alpha value is -1.05. The van der Waals surface area contributed by atoms with E-state index in [0.717, 1.165) is 23.1 Å². The first-order chi connectivity index (χ1) is 7.11. The van der Waals surface area contributed by atoms with Crippen LogP contribution in [0.4, 0.5) is 5.69 Å². The van der Waals surface area contributed by atoms with E-state index in [-0.39, 0.29) is 6.04 Å². The summed E-state index contributed by atoms with van der Waals surface area (Å²) in [5, 5.41) is 12.0. The maximum atomic E-state index is 8.78. The highest BCUT2D eigenvalue weighted by atomic mass is 79.9. The highest BCUT2D eigenvalue weighted by Crippen LogP contribution is 2.19. The van der Waals surface area contributed by atoms with Crippen molar-refractivity contribution in [3.05, 3.63) is 28.2 Å². The number of halogens is 1. The predicted octanol–water partition coefficient (Wildman–Crippen LogP) is 2.47. The van der Waals surface area contributed by atoms with Crippen LogP contribution in [0, 0.1) is 11.3 Å². The maximum absolute atomic E-state index is 8.78. The maximum Gasteiger partial charge on any atom is 0.0992 e. The van der Waals surface area contributed by atoms with Gasteiger partial charge in [0.05, 0.1) is 11.6 Å². The SMILES string of the molecule is CC(N)CCNc1cc(Br)cc(C#N)c1. The van der Waals surface area contributed by atoms with Gasteiger partial charge >= 0.3 is 0 Å². The zero-order valence-corrected chi connectivity index (χ0v) is 10.2. The first-order valence-corrected chi connectivity index (χ1v) is 5.61. The van der Waals surface area contributed by atoms with Crippen LogP contribution < -0.4 is 11.1 Å². The molecular weight excluding hydrogens is 254 g/mol. The molecular formula is C11H14BrN3. The molecule has 0 spiro atoms. The predicted molar refractivity (Wildman–Crippen MR) is 65.6 cm³/mol. The third-order valence-corrected chi connectivity index (χ3v) is 2.41. The Balaban J connectivity index is 2.61. The fourth-order valence-electron chi connectivity index (χ4n) is 1.20. The molecule has 1 aromatic carbocycles. The van der Waals surface area contributed by atoms with E-state index in [0.29, 0.717) is 5.56 Å². The van der Waals surface area contributed by atoms with Crippen LogP contribution in [0.1, 0.15) is 18.9 Å². The van der Waals surface area contributed by atoms with Gasteiger partial charge in [-0.3, -0.25) is 0 Å². The molecule has 0 aliphatic heterocycles. The third kappa shape index (κ3) is 4.32. The number of nitrogens with two attached hydrogens (primary N) is 1. The summed E-state index contributed by atoms with van der Waals surface area (Å²) >= 11 is 3.36. The number of hydrogen-bond donors (Lipinski definition) is 2. The summed E-state index contributed by atoms with van der Waals surface area (Å²) in [5.74, 6) is 0. The van der Waals surface area contributed by atoms with E-state index in [1.807, 2.05) is 19.1 Å². The third-order valence-electron chi connectivity index (χ3n) is 1.96. The number of rotatable bonds is 4. The van der Waals surface area contributed by atoms with Crippen molar-refractivity contribution in [3.63, 3.8) is 0 Å². The lowest BCUT2D eigenvalue weighted by Gasteiger charge is -2.09. The van der Waals surface area contributed by atoms with Gasteiger partial charge in [-0.1, -0.05) is 15.9 Å². The van der Waals surface area contributed by atoms with Crippen LogP contribution in [-0.4, -0.2) is 12.6 Å². The summed E-state index contributed by atoms with van der Waals surface area (Å²) in [4.78, 5) is 0. The highest BCUT2D eigenvalue weighted by Gasteiger charge is 1.99. The molecule has 0 bridgehead atoms. The van der Waals surface area contributed by atoms with E-state index in [4.69, 9.17) is 11.0 Å². The molecule has 80 valence electrons. The fraction of sp³-hybridized carbons (Fsp3) is 0.364. The number of benzene rings is 1. The molecule has 0 saturated carbocycles. The standard InChI is InChI=1S/C11H14BrN3/c1-8(14)2-3-15-11-5-9(7-13)4-10(12)6-11/h4-6,8,15H,2-3,14H2,1H3. The molecule has 0 radical (unpaired) electrons. The first kappa shape index (κ1) is 12.0. The lowest BCUT2D eigenvalue weighted by molar-refractivity contribution is 0.690. The molecule has 0 saturated heterocycles. The van der Waals surface area contributed by atoms with E-state index < -0.39 is 0 Å². The Morgan fingerprint density at radius 1 is 1.53 bits per heavy atom. The quantitative estimate of drug-likeness (QED) is 0.881. The second kappa shape index (κ2) is 5.74. The Labute approximate surface area is 98.4 Å². The van der Waals surface area contributed by atoms with Crippen molar-refractivity contribution in [3.8, 4) is 6.07 Å². The van der Waals surface area contributed by atoms with Gasteiger partial charge in [0.1, 0.15) is 0 Å². The molecule has 1 aromatic rings. The normalized spacial score (nSPS) is 11.9. The van der Waals surface area contributed by atoms with Crippen LogP contribution in [0.15, 0.2) is 22.7 Å². The first-order valence-electron chi connectivity index (χ1n) is 4.82. The lowest BCUT2D eigenvalue weighted by Crippen LogP contribution is -2.19. The molecule has 3 N–H and O–H groups in total. The topological polar surface area (TPSA) is 61.8 Å². The summed E-state index contributed by atoms with van der Waals surface area (Å²) in [7, 11) is 0. The largest absolute Gasteiger partial charge is 0.385 e. The number of nitriles is 1. The number of nitrogens with one attached hydrogen (secondary N) is 1. The van der Waals surface area contributed by atoms with Crippen LogP contribution in [0.5, 0.6) is 0 Å². The van der Waals surface area contributed by atoms with E-state index in [1.165, 1.54) is 0 Å². The molecule has 15 heavy (non-hydrogen) atoms. The smallest absolute Gasteiger partial charge is 0.0992 e. The molecule has 0 amide bonds. The van der Waals surface area contributed by atoms with Crippen molar-refractivity contribution in [2.24, 2.45) is 5.73 Å². The zero-order valence-electron chi connectivity index (χ0n) is 8.63. The van der Waals surface area contributed by atoms with Crippen LogP contribution in [0.3, 0.4) is 0 Å². The minimum Gasteiger partial charge on any atom is -0.385 e. The van der Waals surface area contributed by atoms with Crippen LogP contribution >= 0.6 is 15.9 Å². The van der Waals surface area contributed by atoms with Gasteiger partial charge in [-0.2, -0.15) is 5.26 Å². The molecule has 0 heterocycles. The van der Waals surface area contributed by atoms with Crippen molar-refractivity contribution in [2.75, 3.05) is 11.9 Å². The minimum absolute atomic E-state index is 0.195. The van der Waals surface area contributed by atoms with Crippen molar-refractivity contribution in [2.45, 2.75) is 19.4 Å². The van der Waals surface area contributed by atoms with Crippen molar-refractivity contribution in [1.29, 1.82) is 5.26 Å². The summed E-state index contributed by atoms with van der Waals surface area (Å²) < 4.78 is 0.907. The molecule has 0 fully saturated rings. The summed E-state index contributed by atoms with van der Waals surface area (Å²) in [5.41, 5.74) is 7.23. The molecule has 1 unspecified atom stereocenters. The Bertz CT molecular complexity index is 369. The van der Waals surface area contributed by atoms with Gasteiger partial charge in [0.2, 0.25) is 0 Å². The van der Waals surface area contributed by atoms with Gasteiger partial charge in [-0.25, -0.2) is 0 Å². The Morgan fingerprint density at radius 3 is 2.87 bits per heavy atom. The van der Waals surface area contributed by atoms with Crippen LogP contribution in [0.25, 0.3) is 0 Å². The van der Waals surface area contributed by atoms with Gasteiger partial charge in [0.25, 0.3) is 0 Å². The van der Waals surface area contributed by atoms with Gasteiger partial charge in [-0.15, -0.1) is 0 Å². The molecule has 0 aromatic heterocycles. The van der Waals surface area contributed by atoms with E-state index in [2.05, 4.69) is 27.3 Å². The second-order valence-electron chi connectivity index (χ2n) is 3.53. The molecule has 3 nitrogen and oxygen atoms in total. The Morgan fingerprint density at radius 2 is 2.27 bits per heavy atom. The summed E-state index contributed by atoms with van der Waals surface area (Å²) in [6.07, 6.45) is 0.911. The molecule has 1 atom stereocenters. The zero-order chi connectivity index (χ0) is 11.3. The van der Waals surface area contributed by atoms with Crippen molar-refractivity contribution >= 4 is 21.6 Å². The highest BCUT2D eigenvalue weighted by molar-refractivity contribution is 9.10. The molecule has 0 aliphatic rings. The monoisotopic (exact) mass is 267 g/mol. The number of anilines is 1.